The predicted molar refractivity (Wildman–Crippen MR) is 57.6 cm³/mol. The number of amides is 1. The molecule has 0 radical (unpaired) electrons. The number of hydrogen-bond acceptors (Lipinski definition) is 5. The third-order valence-corrected chi connectivity index (χ3v) is 2.43. The van der Waals surface area contributed by atoms with E-state index in [9.17, 15) is 9.82 Å². The molecule has 1 amide bonds. The van der Waals surface area contributed by atoms with Gasteiger partial charge in [0.05, 0.1) is 6.61 Å². The van der Waals surface area contributed by atoms with Crippen molar-refractivity contribution in [2.45, 2.75) is 13.2 Å². The third kappa shape index (κ3) is 1.95. The number of nitrogen functional groups attached to an aromatic ring is 1. The van der Waals surface area contributed by atoms with Crippen LogP contribution in [0.4, 0.5) is 10.5 Å². The number of ether oxygens (including phenoxy) is 1. The van der Waals surface area contributed by atoms with E-state index in [-0.39, 0.29) is 6.61 Å². The second-order valence-corrected chi connectivity index (χ2v) is 3.52. The van der Waals surface area contributed by atoms with E-state index in [1.165, 1.54) is 0 Å². The average Bonchev–Trinajstić information content (AvgIpc) is 2.57. The number of carbonyl (C=O) groups is 1. The molecule has 0 saturated carbocycles. The maximum atomic E-state index is 10.5. The molecule has 0 bridgehead atoms. The molecule has 7 heteroatoms. The van der Waals surface area contributed by atoms with Crippen molar-refractivity contribution in [1.29, 1.82) is 0 Å². The van der Waals surface area contributed by atoms with E-state index >= 15 is 0 Å². The smallest absolute Gasteiger partial charge is 0.445 e. The summed E-state index contributed by atoms with van der Waals surface area (Å²) in [7, 11) is -0.927. The highest BCUT2D eigenvalue weighted by Crippen LogP contribution is 2.18. The third-order valence-electron chi connectivity index (χ3n) is 2.43. The van der Waals surface area contributed by atoms with Crippen molar-refractivity contribution in [3.63, 3.8) is 0 Å². The average molecular weight is 222 g/mol. The van der Waals surface area contributed by atoms with Crippen molar-refractivity contribution in [3.05, 3.63) is 23.3 Å². The van der Waals surface area contributed by atoms with Crippen LogP contribution in [0.5, 0.6) is 0 Å². The fourth-order valence-corrected chi connectivity index (χ4v) is 1.62. The van der Waals surface area contributed by atoms with Gasteiger partial charge in [0.1, 0.15) is 6.61 Å². The maximum Gasteiger partial charge on any atom is 0.491 e. The van der Waals surface area contributed by atoms with Gasteiger partial charge in [-0.1, -0.05) is 0 Å². The summed E-state index contributed by atoms with van der Waals surface area (Å²) in [6.07, 6.45) is -0.851. The van der Waals surface area contributed by atoms with E-state index in [1.807, 2.05) is 0 Å². The number of anilines is 1. The molecule has 6 nitrogen and oxygen atoms in total. The quantitative estimate of drug-likeness (QED) is 0.443. The molecule has 5 N–H and O–H groups in total. The molecular formula is C9H11BN2O4. The highest BCUT2D eigenvalue weighted by molar-refractivity contribution is 6.61. The van der Waals surface area contributed by atoms with Gasteiger partial charge in [-0.05, 0) is 23.2 Å². The maximum absolute atomic E-state index is 10.5. The van der Waals surface area contributed by atoms with Crippen LogP contribution in [0.3, 0.4) is 0 Å². The second-order valence-electron chi connectivity index (χ2n) is 3.52. The summed E-state index contributed by atoms with van der Waals surface area (Å²) in [6, 6.07) is 3.36. The predicted octanol–water partition coefficient (Wildman–Crippen LogP) is -0.918. The van der Waals surface area contributed by atoms with E-state index in [1.54, 1.807) is 12.1 Å². The lowest BCUT2D eigenvalue weighted by Crippen LogP contribution is -2.28. The zero-order valence-corrected chi connectivity index (χ0v) is 8.47. The van der Waals surface area contributed by atoms with Crippen molar-refractivity contribution in [3.8, 4) is 0 Å². The normalized spacial score (nSPS) is 13.7. The van der Waals surface area contributed by atoms with Crippen LogP contribution in [0.1, 0.15) is 11.1 Å². The Balaban J connectivity index is 2.24. The molecule has 1 aromatic carbocycles. The Morgan fingerprint density at radius 2 is 2.38 bits per heavy atom. The van der Waals surface area contributed by atoms with Crippen LogP contribution in [0.25, 0.3) is 0 Å². The van der Waals surface area contributed by atoms with E-state index < -0.39 is 13.2 Å². The lowest BCUT2D eigenvalue weighted by atomic mass is 9.79. The van der Waals surface area contributed by atoms with Crippen LogP contribution in [0.15, 0.2) is 12.1 Å². The largest absolute Gasteiger partial charge is 0.491 e. The minimum absolute atomic E-state index is 0.0184. The molecule has 1 aliphatic rings. The second kappa shape index (κ2) is 4.03. The minimum Gasteiger partial charge on any atom is -0.445 e. The Bertz CT molecular complexity index is 438. The molecule has 1 aromatic rings. The molecule has 16 heavy (non-hydrogen) atoms. The number of hydrogen-bond donors (Lipinski definition) is 3. The van der Waals surface area contributed by atoms with Crippen LogP contribution in [0, 0.1) is 0 Å². The van der Waals surface area contributed by atoms with Gasteiger partial charge in [-0.25, -0.2) is 4.79 Å². The number of benzene rings is 1. The summed E-state index contributed by atoms with van der Waals surface area (Å²) in [5.41, 5.74) is 13.2. The molecule has 1 aliphatic heterocycles. The van der Waals surface area contributed by atoms with Gasteiger partial charge in [-0.3, -0.25) is 0 Å². The number of nitrogens with two attached hydrogens (primary N) is 2. The van der Waals surface area contributed by atoms with Crippen LogP contribution in [-0.4, -0.2) is 18.2 Å². The highest BCUT2D eigenvalue weighted by atomic mass is 16.5. The Morgan fingerprint density at radius 3 is 3.06 bits per heavy atom. The van der Waals surface area contributed by atoms with Crippen molar-refractivity contribution in [2.75, 3.05) is 5.73 Å². The zero-order valence-electron chi connectivity index (χ0n) is 8.47. The first-order chi connectivity index (χ1) is 7.58. The number of carbonyl (C=O) groups excluding carboxylic acids is 1. The highest BCUT2D eigenvalue weighted by Gasteiger charge is 2.28. The van der Waals surface area contributed by atoms with E-state index in [2.05, 4.69) is 4.74 Å². The zero-order chi connectivity index (χ0) is 11.7. The Hall–Kier alpha value is -1.73. The number of rotatable bonds is 2. The topological polar surface area (TPSA) is 108 Å². The summed E-state index contributed by atoms with van der Waals surface area (Å²) in [6.45, 7) is 0.338. The Labute approximate surface area is 92.3 Å². The van der Waals surface area contributed by atoms with E-state index in [0.29, 0.717) is 23.3 Å². The molecular weight excluding hydrogens is 211 g/mol. The molecule has 84 valence electrons. The molecule has 0 fully saturated rings. The fourth-order valence-electron chi connectivity index (χ4n) is 1.62. The van der Waals surface area contributed by atoms with Crippen LogP contribution in [0.2, 0.25) is 0 Å². The fraction of sp³-hybridized carbons (Fsp3) is 0.222. The lowest BCUT2D eigenvalue weighted by molar-refractivity contribution is 0.150. The van der Waals surface area contributed by atoms with Gasteiger partial charge in [0, 0.05) is 11.3 Å². The molecule has 0 unspecified atom stereocenters. The molecule has 0 atom stereocenters. The summed E-state index contributed by atoms with van der Waals surface area (Å²) < 4.78 is 9.68. The van der Waals surface area contributed by atoms with E-state index in [0.717, 1.165) is 5.56 Å². The molecule has 0 spiro atoms. The van der Waals surface area contributed by atoms with Crippen LogP contribution < -0.4 is 16.9 Å². The monoisotopic (exact) mass is 222 g/mol. The van der Waals surface area contributed by atoms with Gasteiger partial charge in [0.15, 0.2) is 0 Å². The standard InChI is InChI=1S/C9H11BN2O4/c11-8-2-7-5(4-16-10(7)14)1-6(8)3-15-9(12)13/h1-2,14H,3-4,11H2,(H2,12,13). The van der Waals surface area contributed by atoms with Crippen LogP contribution >= 0.6 is 0 Å². The Morgan fingerprint density at radius 1 is 1.62 bits per heavy atom. The molecule has 0 aromatic heterocycles. The van der Waals surface area contributed by atoms with Crippen LogP contribution in [-0.2, 0) is 22.6 Å². The van der Waals surface area contributed by atoms with Crippen molar-refractivity contribution in [1.82, 2.24) is 0 Å². The summed E-state index contributed by atoms with van der Waals surface area (Å²) in [5, 5.41) is 9.43. The first-order valence-electron chi connectivity index (χ1n) is 4.71. The molecule has 0 saturated heterocycles. The molecule has 0 aliphatic carbocycles. The number of fused-ring (bicyclic) bond motifs is 1. The van der Waals surface area contributed by atoms with Gasteiger partial charge in [-0.2, -0.15) is 0 Å². The van der Waals surface area contributed by atoms with Gasteiger partial charge in [-0.15, -0.1) is 0 Å². The molecule has 1 heterocycles. The van der Waals surface area contributed by atoms with Gasteiger partial charge in [0.25, 0.3) is 0 Å². The van der Waals surface area contributed by atoms with E-state index in [4.69, 9.17) is 16.1 Å². The minimum atomic E-state index is -0.927. The lowest BCUT2D eigenvalue weighted by Gasteiger charge is -2.08. The van der Waals surface area contributed by atoms with Crippen molar-refractivity contribution in [2.24, 2.45) is 5.73 Å². The summed E-state index contributed by atoms with van der Waals surface area (Å²) in [4.78, 5) is 10.5. The van der Waals surface area contributed by atoms with Gasteiger partial charge >= 0.3 is 13.2 Å². The number of primary amides is 1. The van der Waals surface area contributed by atoms with Crippen molar-refractivity contribution >= 4 is 24.4 Å². The first kappa shape index (κ1) is 10.8. The first-order valence-corrected chi connectivity index (χ1v) is 4.71. The van der Waals surface area contributed by atoms with Gasteiger partial charge in [0.2, 0.25) is 0 Å². The molecule has 2 rings (SSSR count). The SMILES string of the molecule is NC(=O)OCc1cc2c(cc1N)B(O)OC2. The summed E-state index contributed by atoms with van der Waals surface area (Å²) >= 11 is 0. The Kier molecular flexibility index (Phi) is 2.72. The van der Waals surface area contributed by atoms with Gasteiger partial charge < -0.3 is 25.9 Å². The van der Waals surface area contributed by atoms with Crippen molar-refractivity contribution < 1.29 is 19.2 Å². The summed E-state index contributed by atoms with van der Waals surface area (Å²) in [5.74, 6) is 0.